The summed E-state index contributed by atoms with van der Waals surface area (Å²) in [6.07, 6.45) is 2.60. The number of nitrogens with one attached hydrogen (secondary N) is 1. The van der Waals surface area contributed by atoms with Gasteiger partial charge in [-0.05, 0) is 24.2 Å². The van der Waals surface area contributed by atoms with Gasteiger partial charge in [0.15, 0.2) is 0 Å². The Labute approximate surface area is 105 Å². The van der Waals surface area contributed by atoms with Crippen molar-refractivity contribution in [2.45, 2.75) is 19.4 Å². The van der Waals surface area contributed by atoms with Gasteiger partial charge >= 0.3 is 0 Å². The van der Waals surface area contributed by atoms with E-state index < -0.39 is 0 Å². The van der Waals surface area contributed by atoms with Gasteiger partial charge in [0, 0.05) is 24.0 Å². The fraction of sp³-hybridized carbons (Fsp3) is 0.308. The van der Waals surface area contributed by atoms with Crippen LogP contribution in [0.15, 0.2) is 35.8 Å². The number of thiazole rings is 1. The molecule has 1 unspecified atom stereocenters. The summed E-state index contributed by atoms with van der Waals surface area (Å²) in [4.78, 5) is 4.27. The molecule has 2 rings (SSSR count). The highest BCUT2D eigenvalue weighted by Gasteiger charge is 2.12. The minimum absolute atomic E-state index is 0.127. The zero-order valence-electron chi connectivity index (χ0n) is 9.69. The first-order valence-corrected chi connectivity index (χ1v) is 6.54. The third-order valence-electron chi connectivity index (χ3n) is 2.56. The number of hydrogen-bond donors (Lipinski definition) is 1. The molecule has 0 spiro atoms. The van der Waals surface area contributed by atoms with Gasteiger partial charge in [0.25, 0.3) is 0 Å². The molecule has 1 atom stereocenters. The molecule has 0 bridgehead atoms. The SMILES string of the molecule is CCNC(Cc1nccs1)c1cccc(F)c1. The molecule has 1 aromatic heterocycles. The fourth-order valence-corrected chi connectivity index (χ4v) is 2.47. The highest BCUT2D eigenvalue weighted by atomic mass is 32.1. The number of hydrogen-bond acceptors (Lipinski definition) is 3. The minimum Gasteiger partial charge on any atom is -0.310 e. The summed E-state index contributed by atoms with van der Waals surface area (Å²) in [5.41, 5.74) is 0.974. The monoisotopic (exact) mass is 250 g/mol. The van der Waals surface area contributed by atoms with Crippen LogP contribution in [0.25, 0.3) is 0 Å². The molecule has 0 saturated carbocycles. The molecular formula is C13H15FN2S. The predicted molar refractivity (Wildman–Crippen MR) is 68.6 cm³/mol. The van der Waals surface area contributed by atoms with Crippen LogP contribution in [0.3, 0.4) is 0 Å². The summed E-state index contributed by atoms with van der Waals surface area (Å²) in [5, 5.41) is 6.40. The number of likely N-dealkylation sites (N-methyl/N-ethyl adjacent to an activating group) is 1. The lowest BCUT2D eigenvalue weighted by atomic mass is 10.0. The topological polar surface area (TPSA) is 24.9 Å². The van der Waals surface area contributed by atoms with Crippen LogP contribution < -0.4 is 5.32 Å². The molecule has 0 amide bonds. The highest BCUT2D eigenvalue weighted by molar-refractivity contribution is 7.09. The average Bonchev–Trinajstić information content (AvgIpc) is 2.81. The Hall–Kier alpha value is -1.26. The number of nitrogens with zero attached hydrogens (tertiary/aromatic N) is 1. The van der Waals surface area contributed by atoms with E-state index in [0.717, 1.165) is 23.5 Å². The summed E-state index contributed by atoms with van der Waals surface area (Å²) in [5.74, 6) is -0.190. The molecule has 1 heterocycles. The first kappa shape index (κ1) is 12.2. The van der Waals surface area contributed by atoms with Crippen LogP contribution in [0.4, 0.5) is 4.39 Å². The van der Waals surface area contributed by atoms with Gasteiger partial charge in [-0.1, -0.05) is 19.1 Å². The van der Waals surface area contributed by atoms with Crippen molar-refractivity contribution in [1.29, 1.82) is 0 Å². The van der Waals surface area contributed by atoms with Crippen LogP contribution in [0.2, 0.25) is 0 Å². The molecule has 1 N–H and O–H groups in total. The van der Waals surface area contributed by atoms with Crippen molar-refractivity contribution in [3.05, 3.63) is 52.2 Å². The normalized spacial score (nSPS) is 12.6. The van der Waals surface area contributed by atoms with Gasteiger partial charge in [-0.15, -0.1) is 11.3 Å². The van der Waals surface area contributed by atoms with Crippen molar-refractivity contribution in [1.82, 2.24) is 10.3 Å². The Morgan fingerprint density at radius 3 is 3.00 bits per heavy atom. The van der Waals surface area contributed by atoms with E-state index in [1.54, 1.807) is 29.7 Å². The lowest BCUT2D eigenvalue weighted by Gasteiger charge is -2.17. The number of rotatable bonds is 5. The van der Waals surface area contributed by atoms with E-state index in [9.17, 15) is 4.39 Å². The lowest BCUT2D eigenvalue weighted by Crippen LogP contribution is -2.23. The second kappa shape index (κ2) is 5.89. The Kier molecular flexibility index (Phi) is 4.23. The smallest absolute Gasteiger partial charge is 0.123 e. The van der Waals surface area contributed by atoms with Crippen molar-refractivity contribution in [3.63, 3.8) is 0 Å². The first-order chi connectivity index (χ1) is 8.29. The van der Waals surface area contributed by atoms with E-state index in [1.165, 1.54) is 6.07 Å². The molecule has 0 aliphatic rings. The minimum atomic E-state index is -0.190. The third-order valence-corrected chi connectivity index (χ3v) is 3.37. The number of aromatic nitrogens is 1. The molecule has 0 fully saturated rings. The molecule has 4 heteroatoms. The van der Waals surface area contributed by atoms with Crippen LogP contribution in [0, 0.1) is 5.82 Å². The predicted octanol–water partition coefficient (Wildman–Crippen LogP) is 3.18. The second-order valence-electron chi connectivity index (χ2n) is 3.80. The fourth-order valence-electron chi connectivity index (χ4n) is 1.81. The van der Waals surface area contributed by atoms with E-state index >= 15 is 0 Å². The zero-order valence-corrected chi connectivity index (χ0v) is 10.5. The standard InChI is InChI=1S/C13H15FN2S/c1-2-15-12(9-13-16-6-7-17-13)10-4-3-5-11(14)8-10/h3-8,12,15H,2,9H2,1H3. The van der Waals surface area contributed by atoms with Crippen LogP contribution in [-0.4, -0.2) is 11.5 Å². The summed E-state index contributed by atoms with van der Waals surface area (Å²) in [7, 11) is 0. The van der Waals surface area contributed by atoms with Crippen molar-refractivity contribution in [3.8, 4) is 0 Å². The maximum absolute atomic E-state index is 13.2. The lowest BCUT2D eigenvalue weighted by molar-refractivity contribution is 0.541. The van der Waals surface area contributed by atoms with E-state index in [0.29, 0.717) is 0 Å². The Morgan fingerprint density at radius 2 is 2.35 bits per heavy atom. The summed E-state index contributed by atoms with van der Waals surface area (Å²) in [6, 6.07) is 6.87. The summed E-state index contributed by atoms with van der Waals surface area (Å²) in [6.45, 7) is 2.90. The molecule has 2 nitrogen and oxygen atoms in total. The van der Waals surface area contributed by atoms with Gasteiger partial charge < -0.3 is 5.32 Å². The van der Waals surface area contributed by atoms with Gasteiger partial charge in [-0.3, -0.25) is 0 Å². The molecule has 0 aliphatic carbocycles. The molecule has 90 valence electrons. The second-order valence-corrected chi connectivity index (χ2v) is 4.77. The van der Waals surface area contributed by atoms with E-state index in [-0.39, 0.29) is 11.9 Å². The molecule has 1 aromatic carbocycles. The largest absolute Gasteiger partial charge is 0.310 e. The molecule has 0 radical (unpaired) electrons. The van der Waals surface area contributed by atoms with Crippen molar-refractivity contribution >= 4 is 11.3 Å². The molecule has 2 aromatic rings. The maximum Gasteiger partial charge on any atom is 0.123 e. The van der Waals surface area contributed by atoms with Crippen LogP contribution in [0.1, 0.15) is 23.5 Å². The maximum atomic E-state index is 13.2. The average molecular weight is 250 g/mol. The van der Waals surface area contributed by atoms with Gasteiger partial charge in [0.1, 0.15) is 5.82 Å². The Bertz CT molecular complexity index is 456. The van der Waals surface area contributed by atoms with E-state index in [1.807, 2.05) is 18.4 Å². The third kappa shape index (κ3) is 3.35. The summed E-state index contributed by atoms with van der Waals surface area (Å²) >= 11 is 1.63. The Morgan fingerprint density at radius 1 is 1.47 bits per heavy atom. The number of halogens is 1. The number of benzene rings is 1. The van der Waals surface area contributed by atoms with E-state index in [4.69, 9.17) is 0 Å². The van der Waals surface area contributed by atoms with E-state index in [2.05, 4.69) is 10.3 Å². The van der Waals surface area contributed by atoms with Crippen LogP contribution in [-0.2, 0) is 6.42 Å². The van der Waals surface area contributed by atoms with Crippen molar-refractivity contribution in [2.75, 3.05) is 6.54 Å². The quantitative estimate of drug-likeness (QED) is 0.881. The first-order valence-electron chi connectivity index (χ1n) is 5.67. The Balaban J connectivity index is 2.16. The van der Waals surface area contributed by atoms with Crippen molar-refractivity contribution in [2.24, 2.45) is 0 Å². The molecule has 0 aliphatic heterocycles. The summed E-state index contributed by atoms with van der Waals surface area (Å²) < 4.78 is 13.2. The van der Waals surface area contributed by atoms with Gasteiger partial charge in [-0.25, -0.2) is 9.37 Å². The zero-order chi connectivity index (χ0) is 12.1. The van der Waals surface area contributed by atoms with Crippen molar-refractivity contribution < 1.29 is 4.39 Å². The molecule has 17 heavy (non-hydrogen) atoms. The van der Waals surface area contributed by atoms with Crippen LogP contribution in [0.5, 0.6) is 0 Å². The van der Waals surface area contributed by atoms with Gasteiger partial charge in [0.2, 0.25) is 0 Å². The molecule has 0 saturated heterocycles. The van der Waals surface area contributed by atoms with Gasteiger partial charge in [0.05, 0.1) is 5.01 Å². The molecular weight excluding hydrogens is 235 g/mol. The van der Waals surface area contributed by atoms with Gasteiger partial charge in [-0.2, -0.15) is 0 Å². The van der Waals surface area contributed by atoms with Crippen LogP contribution >= 0.6 is 11.3 Å². The highest BCUT2D eigenvalue weighted by Crippen LogP contribution is 2.20.